The Bertz CT molecular complexity index is 1250. The first kappa shape index (κ1) is 21.2. The van der Waals surface area contributed by atoms with Crippen LogP contribution in [0.5, 0.6) is 0 Å². The number of nitrogen functional groups attached to an aromatic ring is 1. The van der Waals surface area contributed by atoms with Gasteiger partial charge in [-0.1, -0.05) is 35.9 Å². The molecule has 9 heteroatoms. The largest absolute Gasteiger partial charge is 0.417 e. The molecule has 4 nitrogen and oxygen atoms in total. The van der Waals surface area contributed by atoms with Gasteiger partial charge in [-0.2, -0.15) is 21.6 Å². The molecule has 3 aromatic rings. The summed E-state index contributed by atoms with van der Waals surface area (Å²) >= 11 is 5.70. The van der Waals surface area contributed by atoms with Gasteiger partial charge >= 0.3 is 6.18 Å². The maximum atomic E-state index is 13.3. The van der Waals surface area contributed by atoms with Crippen molar-refractivity contribution in [2.75, 3.05) is 5.73 Å². The quantitative estimate of drug-likeness (QED) is 0.305. The summed E-state index contributed by atoms with van der Waals surface area (Å²) in [5.74, 6) is 0. The second-order valence-corrected chi connectivity index (χ2v) is 8.30. The second kappa shape index (κ2) is 7.37. The van der Waals surface area contributed by atoms with Crippen LogP contribution >= 0.6 is 11.6 Å². The molecule has 3 N–H and O–H groups in total. The van der Waals surface area contributed by atoms with Gasteiger partial charge in [-0.25, -0.2) is 0 Å². The molecular weight excluding hydrogens is 427 g/mol. The molecule has 0 fully saturated rings. The van der Waals surface area contributed by atoms with Gasteiger partial charge in [0.15, 0.2) is 0 Å². The van der Waals surface area contributed by atoms with E-state index in [0.29, 0.717) is 27.6 Å². The molecule has 0 radical (unpaired) electrons. The second-order valence-electron chi connectivity index (χ2n) is 6.44. The van der Waals surface area contributed by atoms with Crippen molar-refractivity contribution in [2.24, 2.45) is 0 Å². The van der Waals surface area contributed by atoms with Crippen LogP contribution in [-0.4, -0.2) is 13.0 Å². The maximum Gasteiger partial charge on any atom is 0.417 e. The molecule has 3 aromatic carbocycles. The Morgan fingerprint density at radius 1 is 1.07 bits per heavy atom. The summed E-state index contributed by atoms with van der Waals surface area (Å²) < 4.78 is 72.1. The van der Waals surface area contributed by atoms with Gasteiger partial charge < -0.3 is 5.73 Å². The van der Waals surface area contributed by atoms with E-state index in [0.717, 1.165) is 6.07 Å². The van der Waals surface area contributed by atoms with Crippen LogP contribution < -0.4 is 5.73 Å². The maximum absolute atomic E-state index is 13.3. The average molecular weight is 442 g/mol. The molecule has 0 aliphatic carbocycles. The van der Waals surface area contributed by atoms with E-state index in [-0.39, 0.29) is 15.5 Å². The van der Waals surface area contributed by atoms with Crippen LogP contribution in [0.2, 0.25) is 5.02 Å². The van der Waals surface area contributed by atoms with Gasteiger partial charge in [-0.15, -0.1) is 0 Å². The zero-order valence-electron chi connectivity index (χ0n) is 15.0. The van der Waals surface area contributed by atoms with E-state index in [1.807, 2.05) is 0 Å². The predicted octanol–water partition coefficient (Wildman–Crippen LogP) is 5.82. The molecule has 0 amide bonds. The topological polar surface area (TPSA) is 80.4 Å². The minimum Gasteiger partial charge on any atom is -0.398 e. The number of fused-ring (bicyclic) bond motifs is 1. The van der Waals surface area contributed by atoms with Crippen molar-refractivity contribution < 1.29 is 26.1 Å². The van der Waals surface area contributed by atoms with E-state index in [1.165, 1.54) is 42.5 Å². The van der Waals surface area contributed by atoms with Crippen molar-refractivity contribution in [3.05, 3.63) is 69.7 Å². The molecular formula is C20H15ClF3NO3S. The van der Waals surface area contributed by atoms with Crippen LogP contribution in [-0.2, 0) is 16.3 Å². The summed E-state index contributed by atoms with van der Waals surface area (Å²) in [5.41, 5.74) is 6.29. The SMILES string of the molecule is Cc1cc(S(=O)(=O)O)cc2ccc(N)c(/C=C/c3ccc(Cl)cc3C(F)(F)F)c12. The molecule has 0 aromatic heterocycles. The van der Waals surface area contributed by atoms with Gasteiger partial charge in [-0.05, 0) is 59.2 Å². The number of aryl methyl sites for hydroxylation is 1. The van der Waals surface area contributed by atoms with E-state index < -0.39 is 21.9 Å². The third-order valence-electron chi connectivity index (χ3n) is 4.41. The fraction of sp³-hybridized carbons (Fsp3) is 0.100. The number of alkyl halides is 3. The lowest BCUT2D eigenvalue weighted by Gasteiger charge is -2.13. The minimum atomic E-state index is -4.59. The van der Waals surface area contributed by atoms with Crippen LogP contribution in [0.1, 0.15) is 22.3 Å². The van der Waals surface area contributed by atoms with Crippen LogP contribution in [0.15, 0.2) is 47.4 Å². The fourth-order valence-electron chi connectivity index (χ4n) is 3.11. The standard InChI is InChI=1S/C20H15ClF3NO3S/c1-11-8-15(29(26,27)28)9-13-4-7-18(25)16(19(11)13)6-3-12-2-5-14(21)10-17(12)20(22,23)24/h2-10H,25H2,1H3,(H,26,27,28)/b6-3+. The number of hydrogen-bond acceptors (Lipinski definition) is 3. The molecule has 0 saturated carbocycles. The highest BCUT2D eigenvalue weighted by Crippen LogP contribution is 2.36. The molecule has 152 valence electrons. The lowest BCUT2D eigenvalue weighted by atomic mass is 9.97. The summed E-state index contributed by atoms with van der Waals surface area (Å²) in [6, 6.07) is 9.10. The lowest BCUT2D eigenvalue weighted by Crippen LogP contribution is -2.07. The highest BCUT2D eigenvalue weighted by molar-refractivity contribution is 7.85. The first-order valence-electron chi connectivity index (χ1n) is 8.23. The van der Waals surface area contributed by atoms with Gasteiger partial charge in [-0.3, -0.25) is 4.55 Å². The number of rotatable bonds is 3. The third-order valence-corrected chi connectivity index (χ3v) is 5.48. The number of benzene rings is 3. The van der Waals surface area contributed by atoms with Crippen LogP contribution in [0.25, 0.3) is 22.9 Å². The van der Waals surface area contributed by atoms with E-state index in [9.17, 15) is 26.1 Å². The Balaban J connectivity index is 2.21. The molecule has 29 heavy (non-hydrogen) atoms. The number of halogens is 4. The Kier molecular flexibility index (Phi) is 5.38. The first-order valence-corrected chi connectivity index (χ1v) is 10.0. The molecule has 0 spiro atoms. The molecule has 3 rings (SSSR count). The summed E-state index contributed by atoms with van der Waals surface area (Å²) in [4.78, 5) is -0.278. The summed E-state index contributed by atoms with van der Waals surface area (Å²) in [6.07, 6.45) is -1.87. The summed E-state index contributed by atoms with van der Waals surface area (Å²) in [6.45, 7) is 1.62. The molecule has 0 aliphatic rings. The summed E-state index contributed by atoms with van der Waals surface area (Å²) in [5, 5.41) is 1.00. The number of hydrogen-bond donors (Lipinski definition) is 2. The van der Waals surface area contributed by atoms with Gasteiger partial charge in [0, 0.05) is 16.3 Å². The first-order chi connectivity index (χ1) is 13.4. The molecule has 0 bridgehead atoms. The molecule has 0 aliphatic heterocycles. The number of nitrogens with two attached hydrogens (primary N) is 1. The van der Waals surface area contributed by atoms with Crippen molar-refractivity contribution in [3.63, 3.8) is 0 Å². The Labute approximate surface area is 170 Å². The van der Waals surface area contributed by atoms with E-state index >= 15 is 0 Å². The van der Waals surface area contributed by atoms with Crippen molar-refractivity contribution >= 4 is 50.3 Å². The van der Waals surface area contributed by atoms with Crippen LogP contribution in [0, 0.1) is 6.92 Å². The van der Waals surface area contributed by atoms with E-state index in [1.54, 1.807) is 13.0 Å². The summed E-state index contributed by atoms with van der Waals surface area (Å²) in [7, 11) is -4.41. The normalized spacial score (nSPS) is 12.8. The zero-order chi connectivity index (χ0) is 21.6. The Morgan fingerprint density at radius 2 is 1.76 bits per heavy atom. The number of anilines is 1. The minimum absolute atomic E-state index is 0.0345. The molecule has 0 unspecified atom stereocenters. The zero-order valence-corrected chi connectivity index (χ0v) is 16.5. The van der Waals surface area contributed by atoms with Gasteiger partial charge in [0.1, 0.15) is 0 Å². The fourth-order valence-corrected chi connectivity index (χ4v) is 3.89. The smallest absolute Gasteiger partial charge is 0.398 e. The predicted molar refractivity (Wildman–Crippen MR) is 108 cm³/mol. The van der Waals surface area contributed by atoms with Crippen molar-refractivity contribution in [3.8, 4) is 0 Å². The van der Waals surface area contributed by atoms with E-state index in [4.69, 9.17) is 17.3 Å². The van der Waals surface area contributed by atoms with Gasteiger partial charge in [0.05, 0.1) is 10.5 Å². The van der Waals surface area contributed by atoms with Crippen molar-refractivity contribution in [2.45, 2.75) is 18.0 Å². The Hall–Kier alpha value is -2.55. The van der Waals surface area contributed by atoms with Crippen LogP contribution in [0.4, 0.5) is 18.9 Å². The van der Waals surface area contributed by atoms with Crippen molar-refractivity contribution in [1.82, 2.24) is 0 Å². The molecule has 0 saturated heterocycles. The molecule has 0 heterocycles. The van der Waals surface area contributed by atoms with Crippen LogP contribution in [0.3, 0.4) is 0 Å². The Morgan fingerprint density at radius 3 is 2.38 bits per heavy atom. The lowest BCUT2D eigenvalue weighted by molar-refractivity contribution is -0.137. The van der Waals surface area contributed by atoms with Gasteiger partial charge in [0.2, 0.25) is 0 Å². The highest BCUT2D eigenvalue weighted by atomic mass is 35.5. The monoisotopic (exact) mass is 441 g/mol. The average Bonchev–Trinajstić information content (AvgIpc) is 2.60. The third kappa shape index (κ3) is 4.39. The van der Waals surface area contributed by atoms with E-state index in [2.05, 4.69) is 0 Å². The van der Waals surface area contributed by atoms with Crippen molar-refractivity contribution in [1.29, 1.82) is 0 Å². The molecule has 0 atom stereocenters. The highest BCUT2D eigenvalue weighted by Gasteiger charge is 2.33. The van der Waals surface area contributed by atoms with Gasteiger partial charge in [0.25, 0.3) is 10.1 Å².